The second-order valence-electron chi connectivity index (χ2n) is 4.86. The number of aryl methyl sites for hydroxylation is 1. The molecule has 3 rings (SSSR count). The van der Waals surface area contributed by atoms with Crippen LogP contribution in [0.3, 0.4) is 0 Å². The quantitative estimate of drug-likeness (QED) is 0.910. The van der Waals surface area contributed by atoms with Crippen LogP contribution in [0.2, 0.25) is 0 Å². The van der Waals surface area contributed by atoms with Crippen LogP contribution < -0.4 is 10.1 Å². The maximum absolute atomic E-state index is 5.70. The monoisotopic (exact) mass is 259 g/mol. The van der Waals surface area contributed by atoms with Gasteiger partial charge in [0.05, 0.1) is 13.2 Å². The number of aromatic nitrogens is 2. The Kier molecular flexibility index (Phi) is 3.21. The van der Waals surface area contributed by atoms with Crippen LogP contribution in [-0.2, 0) is 6.54 Å². The molecule has 0 radical (unpaired) electrons. The van der Waals surface area contributed by atoms with Gasteiger partial charge >= 0.3 is 0 Å². The van der Waals surface area contributed by atoms with E-state index < -0.39 is 0 Å². The first kappa shape index (κ1) is 12.2. The summed E-state index contributed by atoms with van der Waals surface area (Å²) >= 11 is 0. The van der Waals surface area contributed by atoms with Crippen LogP contribution in [0.15, 0.2) is 28.8 Å². The summed E-state index contributed by atoms with van der Waals surface area (Å²) in [5.41, 5.74) is 1.27. The van der Waals surface area contributed by atoms with Crippen LogP contribution in [0, 0.1) is 6.92 Å². The summed E-state index contributed by atoms with van der Waals surface area (Å²) < 4.78 is 10.8. The zero-order chi connectivity index (χ0) is 13.2. The van der Waals surface area contributed by atoms with E-state index in [9.17, 15) is 0 Å². The van der Waals surface area contributed by atoms with E-state index in [-0.39, 0.29) is 6.04 Å². The van der Waals surface area contributed by atoms with Crippen molar-refractivity contribution in [1.29, 1.82) is 0 Å². The average Bonchev–Trinajstić information content (AvgIpc) is 3.02. The lowest BCUT2D eigenvalue weighted by Gasteiger charge is -2.18. The third-order valence-electron chi connectivity index (χ3n) is 3.49. The molecule has 2 atom stereocenters. The molecule has 1 aliphatic heterocycles. The highest BCUT2D eigenvalue weighted by molar-refractivity contribution is 5.40. The lowest BCUT2D eigenvalue weighted by molar-refractivity contribution is 0.295. The fraction of sp³-hybridized carbons (Fsp3) is 0.429. The lowest BCUT2D eigenvalue weighted by Crippen LogP contribution is -2.32. The molecule has 2 aromatic rings. The van der Waals surface area contributed by atoms with Crippen molar-refractivity contribution in [3.8, 4) is 5.75 Å². The molecule has 1 aromatic heterocycles. The summed E-state index contributed by atoms with van der Waals surface area (Å²) in [6.07, 6.45) is 0. The molecule has 1 aliphatic rings. The minimum absolute atomic E-state index is 0.288. The molecular formula is C14H17N3O2. The number of hydrogen-bond donors (Lipinski definition) is 1. The van der Waals surface area contributed by atoms with Crippen LogP contribution in [0.25, 0.3) is 0 Å². The summed E-state index contributed by atoms with van der Waals surface area (Å²) in [5.74, 6) is 2.64. The van der Waals surface area contributed by atoms with Crippen molar-refractivity contribution in [2.24, 2.45) is 0 Å². The van der Waals surface area contributed by atoms with Crippen molar-refractivity contribution in [2.45, 2.75) is 32.4 Å². The summed E-state index contributed by atoms with van der Waals surface area (Å²) in [5, 5.41) is 7.20. The average molecular weight is 259 g/mol. The van der Waals surface area contributed by atoms with Gasteiger partial charge in [0.1, 0.15) is 5.75 Å². The molecule has 0 spiro atoms. The van der Waals surface area contributed by atoms with Gasteiger partial charge in [-0.25, -0.2) is 0 Å². The van der Waals surface area contributed by atoms with E-state index in [1.54, 1.807) is 0 Å². The number of rotatable bonds is 4. The Labute approximate surface area is 112 Å². The zero-order valence-corrected chi connectivity index (χ0v) is 11.1. The summed E-state index contributed by atoms with van der Waals surface area (Å²) in [6, 6.07) is 8.48. The Morgan fingerprint density at radius 3 is 3.05 bits per heavy atom. The van der Waals surface area contributed by atoms with E-state index in [1.165, 1.54) is 5.56 Å². The molecule has 0 bridgehead atoms. The van der Waals surface area contributed by atoms with Gasteiger partial charge in [-0.2, -0.15) is 4.98 Å². The van der Waals surface area contributed by atoms with Gasteiger partial charge in [0.2, 0.25) is 5.89 Å². The van der Waals surface area contributed by atoms with Crippen molar-refractivity contribution in [3.63, 3.8) is 0 Å². The van der Waals surface area contributed by atoms with Gasteiger partial charge in [-0.05, 0) is 19.9 Å². The van der Waals surface area contributed by atoms with Crippen LogP contribution in [0.5, 0.6) is 5.75 Å². The second kappa shape index (κ2) is 5.01. The molecule has 0 unspecified atom stereocenters. The highest BCUT2D eigenvalue weighted by atomic mass is 16.5. The third kappa shape index (κ3) is 2.46. The molecule has 1 N–H and O–H groups in total. The fourth-order valence-corrected chi connectivity index (χ4v) is 2.40. The molecule has 5 heteroatoms. The largest absolute Gasteiger partial charge is 0.493 e. The van der Waals surface area contributed by atoms with Crippen LogP contribution in [0.4, 0.5) is 0 Å². The molecule has 1 aromatic carbocycles. The highest BCUT2D eigenvalue weighted by Crippen LogP contribution is 2.35. The lowest BCUT2D eigenvalue weighted by atomic mass is 9.94. The topological polar surface area (TPSA) is 60.2 Å². The molecule has 100 valence electrons. The Morgan fingerprint density at radius 1 is 1.42 bits per heavy atom. The maximum Gasteiger partial charge on any atom is 0.240 e. The molecule has 2 heterocycles. The Morgan fingerprint density at radius 2 is 2.26 bits per heavy atom. The SMILES string of the molecule is Cc1noc(CN[C@@H](C)[C@@H]2COc3ccccc32)n1. The third-order valence-corrected chi connectivity index (χ3v) is 3.49. The Balaban J connectivity index is 1.64. The number of hydrogen-bond acceptors (Lipinski definition) is 5. The molecule has 19 heavy (non-hydrogen) atoms. The Hall–Kier alpha value is -1.88. The van der Waals surface area contributed by atoms with Gasteiger partial charge in [-0.3, -0.25) is 0 Å². The van der Waals surface area contributed by atoms with Gasteiger partial charge in [-0.1, -0.05) is 23.4 Å². The van der Waals surface area contributed by atoms with Gasteiger partial charge in [0.25, 0.3) is 0 Å². The summed E-state index contributed by atoms with van der Waals surface area (Å²) in [4.78, 5) is 4.18. The minimum Gasteiger partial charge on any atom is -0.493 e. The molecule has 0 fully saturated rings. The number of para-hydroxylation sites is 1. The minimum atomic E-state index is 0.288. The first-order chi connectivity index (χ1) is 9.24. The van der Waals surface area contributed by atoms with Gasteiger partial charge in [-0.15, -0.1) is 0 Å². The predicted molar refractivity (Wildman–Crippen MR) is 70.0 cm³/mol. The number of fused-ring (bicyclic) bond motifs is 1. The first-order valence-corrected chi connectivity index (χ1v) is 6.48. The van der Waals surface area contributed by atoms with Crippen LogP contribution in [0.1, 0.15) is 30.1 Å². The molecule has 0 saturated heterocycles. The molecular weight excluding hydrogens is 242 g/mol. The number of nitrogens with zero attached hydrogens (tertiary/aromatic N) is 2. The zero-order valence-electron chi connectivity index (χ0n) is 11.1. The smallest absolute Gasteiger partial charge is 0.240 e. The van der Waals surface area contributed by atoms with E-state index in [4.69, 9.17) is 9.26 Å². The summed E-state index contributed by atoms with van der Waals surface area (Å²) in [7, 11) is 0. The molecule has 0 amide bonds. The predicted octanol–water partition coefficient (Wildman–Crippen LogP) is 2.03. The standard InChI is InChI=1S/C14H17N3O2/c1-9(15-7-14-16-10(2)17-19-14)12-8-18-13-6-4-3-5-11(12)13/h3-6,9,12,15H,7-8H2,1-2H3/t9-,12-/m0/s1. The van der Waals surface area contributed by atoms with Crippen molar-refractivity contribution in [1.82, 2.24) is 15.5 Å². The number of ether oxygens (including phenoxy) is 1. The first-order valence-electron chi connectivity index (χ1n) is 6.48. The van der Waals surface area contributed by atoms with Gasteiger partial charge < -0.3 is 14.6 Å². The van der Waals surface area contributed by atoms with E-state index in [2.05, 4.69) is 34.5 Å². The van der Waals surface area contributed by atoms with Crippen LogP contribution >= 0.6 is 0 Å². The molecule has 5 nitrogen and oxygen atoms in total. The normalized spacial score (nSPS) is 18.9. The number of benzene rings is 1. The molecule has 0 aliphatic carbocycles. The van der Waals surface area contributed by atoms with Crippen molar-refractivity contribution in [3.05, 3.63) is 41.5 Å². The second-order valence-corrected chi connectivity index (χ2v) is 4.86. The van der Waals surface area contributed by atoms with Crippen molar-refractivity contribution in [2.75, 3.05) is 6.61 Å². The van der Waals surface area contributed by atoms with E-state index in [0.717, 1.165) is 12.4 Å². The maximum atomic E-state index is 5.70. The van der Waals surface area contributed by atoms with E-state index in [1.807, 2.05) is 19.1 Å². The Bertz CT molecular complexity index is 567. The van der Waals surface area contributed by atoms with Crippen LogP contribution in [-0.4, -0.2) is 22.8 Å². The van der Waals surface area contributed by atoms with E-state index in [0.29, 0.717) is 24.2 Å². The fourth-order valence-electron chi connectivity index (χ4n) is 2.40. The van der Waals surface area contributed by atoms with E-state index >= 15 is 0 Å². The van der Waals surface area contributed by atoms with Crippen molar-refractivity contribution < 1.29 is 9.26 Å². The van der Waals surface area contributed by atoms with Gasteiger partial charge in [0, 0.05) is 17.5 Å². The van der Waals surface area contributed by atoms with Gasteiger partial charge in [0.15, 0.2) is 5.82 Å². The van der Waals surface area contributed by atoms with Crippen molar-refractivity contribution >= 4 is 0 Å². The summed E-state index contributed by atoms with van der Waals surface area (Å²) in [6.45, 7) is 5.27. The highest BCUT2D eigenvalue weighted by Gasteiger charge is 2.28. The number of nitrogens with one attached hydrogen (secondary N) is 1. The molecule has 0 saturated carbocycles.